The molecule has 2 N–H and O–H groups in total. The number of para-hydroxylation sites is 1. The molecule has 29 heavy (non-hydrogen) atoms. The van der Waals surface area contributed by atoms with Crippen LogP contribution in [-0.4, -0.2) is 17.9 Å². The zero-order valence-corrected chi connectivity index (χ0v) is 15.8. The van der Waals surface area contributed by atoms with E-state index in [0.29, 0.717) is 23.4 Å². The number of esters is 1. The van der Waals surface area contributed by atoms with Crippen LogP contribution in [-0.2, 0) is 16.1 Å². The monoisotopic (exact) mass is 390 g/mol. The standard InChI is InChI=1S/C23H22N2O4/c26-22(25-17-12-13-17)21(16-7-2-1-3-8-16)29-23(27)19-10-4-5-11-20(19)24-15-18-9-6-14-28-18/h1-11,14,17,21,24H,12-13,15H2,(H,25,26). The summed E-state index contributed by atoms with van der Waals surface area (Å²) in [4.78, 5) is 25.7. The van der Waals surface area contributed by atoms with Gasteiger partial charge in [0.15, 0.2) is 0 Å². The van der Waals surface area contributed by atoms with Crippen LogP contribution in [0.5, 0.6) is 0 Å². The van der Waals surface area contributed by atoms with E-state index in [1.165, 1.54) is 0 Å². The SMILES string of the molecule is O=C(OC(C(=O)NC1CC1)c1ccccc1)c1ccccc1NCc1ccco1. The number of hydrogen-bond acceptors (Lipinski definition) is 5. The Bertz CT molecular complexity index is 966. The van der Waals surface area contributed by atoms with Crippen molar-refractivity contribution in [1.29, 1.82) is 0 Å². The van der Waals surface area contributed by atoms with Crippen LogP contribution in [0.2, 0.25) is 0 Å². The zero-order valence-electron chi connectivity index (χ0n) is 15.8. The molecule has 6 heteroatoms. The summed E-state index contributed by atoms with van der Waals surface area (Å²) in [6.45, 7) is 0.432. The van der Waals surface area contributed by atoms with Crippen LogP contribution < -0.4 is 10.6 Å². The Balaban J connectivity index is 1.52. The molecule has 1 aliphatic carbocycles. The number of benzene rings is 2. The van der Waals surface area contributed by atoms with E-state index < -0.39 is 12.1 Å². The molecule has 0 spiro atoms. The third kappa shape index (κ3) is 4.85. The second-order valence-corrected chi connectivity index (χ2v) is 6.96. The van der Waals surface area contributed by atoms with Gasteiger partial charge in [-0.25, -0.2) is 4.79 Å². The molecule has 3 aromatic rings. The van der Waals surface area contributed by atoms with Gasteiger partial charge < -0.3 is 19.8 Å². The van der Waals surface area contributed by atoms with Crippen LogP contribution in [0.15, 0.2) is 77.4 Å². The van der Waals surface area contributed by atoms with Gasteiger partial charge in [0.25, 0.3) is 5.91 Å². The second-order valence-electron chi connectivity index (χ2n) is 6.96. The van der Waals surface area contributed by atoms with E-state index in [1.54, 1.807) is 42.7 Å². The number of furan rings is 1. The van der Waals surface area contributed by atoms with Gasteiger partial charge >= 0.3 is 5.97 Å². The molecular formula is C23H22N2O4. The van der Waals surface area contributed by atoms with Gasteiger partial charge in [0.05, 0.1) is 18.4 Å². The Labute approximate surface area is 168 Å². The van der Waals surface area contributed by atoms with Crippen molar-refractivity contribution in [2.24, 2.45) is 0 Å². The van der Waals surface area contributed by atoms with Crippen molar-refractivity contribution in [3.05, 3.63) is 89.9 Å². The summed E-state index contributed by atoms with van der Waals surface area (Å²) < 4.78 is 11.0. The van der Waals surface area contributed by atoms with Gasteiger partial charge in [0.2, 0.25) is 6.10 Å². The van der Waals surface area contributed by atoms with Crippen molar-refractivity contribution in [3.63, 3.8) is 0 Å². The Morgan fingerprint density at radius 1 is 1.00 bits per heavy atom. The largest absolute Gasteiger partial charge is 0.467 e. The Kier molecular flexibility index (Phi) is 5.61. The Morgan fingerprint density at radius 2 is 1.76 bits per heavy atom. The van der Waals surface area contributed by atoms with Gasteiger partial charge in [0.1, 0.15) is 5.76 Å². The van der Waals surface area contributed by atoms with Crippen LogP contribution in [0.3, 0.4) is 0 Å². The van der Waals surface area contributed by atoms with E-state index in [2.05, 4.69) is 10.6 Å². The molecule has 0 bridgehead atoms. The average molecular weight is 390 g/mol. The third-order valence-corrected chi connectivity index (χ3v) is 4.67. The Morgan fingerprint density at radius 3 is 2.48 bits per heavy atom. The molecule has 1 aromatic heterocycles. The minimum atomic E-state index is -0.998. The zero-order chi connectivity index (χ0) is 20.1. The van der Waals surface area contributed by atoms with Gasteiger partial charge in [-0.2, -0.15) is 0 Å². The molecule has 1 unspecified atom stereocenters. The molecule has 6 nitrogen and oxygen atoms in total. The number of anilines is 1. The molecule has 1 aliphatic rings. The minimum absolute atomic E-state index is 0.176. The number of rotatable bonds is 8. The van der Waals surface area contributed by atoms with Gasteiger partial charge in [-0.3, -0.25) is 4.79 Å². The van der Waals surface area contributed by atoms with Crippen molar-refractivity contribution in [2.45, 2.75) is 31.5 Å². The summed E-state index contributed by atoms with van der Waals surface area (Å²) in [5.74, 6) is -0.112. The van der Waals surface area contributed by atoms with Gasteiger partial charge in [0, 0.05) is 17.3 Å². The van der Waals surface area contributed by atoms with Gasteiger partial charge in [-0.15, -0.1) is 0 Å². The van der Waals surface area contributed by atoms with Crippen LogP contribution in [0.4, 0.5) is 5.69 Å². The topological polar surface area (TPSA) is 80.6 Å². The van der Waals surface area contributed by atoms with Crippen LogP contribution in [0.1, 0.15) is 40.6 Å². The summed E-state index contributed by atoms with van der Waals surface area (Å²) in [5, 5.41) is 6.11. The number of amides is 1. The first-order valence-corrected chi connectivity index (χ1v) is 9.62. The average Bonchev–Trinajstić information content (AvgIpc) is 3.41. The summed E-state index contributed by atoms with van der Waals surface area (Å²) in [7, 11) is 0. The van der Waals surface area contributed by atoms with E-state index in [1.807, 2.05) is 30.3 Å². The third-order valence-electron chi connectivity index (χ3n) is 4.67. The molecule has 0 radical (unpaired) electrons. The fourth-order valence-corrected chi connectivity index (χ4v) is 2.99. The molecule has 0 aliphatic heterocycles. The number of carbonyl (C=O) groups is 2. The molecule has 1 atom stereocenters. The summed E-state index contributed by atoms with van der Waals surface area (Å²) in [6.07, 6.45) is 2.52. The van der Waals surface area contributed by atoms with E-state index >= 15 is 0 Å². The van der Waals surface area contributed by atoms with Crippen LogP contribution in [0, 0.1) is 0 Å². The number of hydrogen-bond donors (Lipinski definition) is 2. The number of ether oxygens (including phenoxy) is 1. The van der Waals surface area contributed by atoms with Crippen molar-refractivity contribution in [1.82, 2.24) is 5.32 Å². The predicted molar refractivity (Wildman–Crippen MR) is 108 cm³/mol. The molecule has 1 heterocycles. The lowest BCUT2D eigenvalue weighted by molar-refractivity contribution is -0.130. The molecule has 0 saturated heterocycles. The van der Waals surface area contributed by atoms with Crippen molar-refractivity contribution >= 4 is 17.6 Å². The number of nitrogens with one attached hydrogen (secondary N) is 2. The molecule has 1 fully saturated rings. The van der Waals surface area contributed by atoms with Gasteiger partial charge in [-0.1, -0.05) is 42.5 Å². The lowest BCUT2D eigenvalue weighted by Crippen LogP contribution is -2.33. The summed E-state index contributed by atoms with van der Waals surface area (Å²) in [5.41, 5.74) is 1.61. The van der Waals surface area contributed by atoms with E-state index in [-0.39, 0.29) is 11.9 Å². The predicted octanol–water partition coefficient (Wildman–Crippen LogP) is 4.07. The molecule has 148 valence electrons. The molecular weight excluding hydrogens is 368 g/mol. The normalized spacial score (nSPS) is 14.1. The maximum Gasteiger partial charge on any atom is 0.341 e. The van der Waals surface area contributed by atoms with E-state index in [0.717, 1.165) is 18.6 Å². The smallest absolute Gasteiger partial charge is 0.341 e. The Hall–Kier alpha value is -3.54. The first kappa shape index (κ1) is 18.8. The highest BCUT2D eigenvalue weighted by Crippen LogP contribution is 2.25. The highest BCUT2D eigenvalue weighted by Gasteiger charge is 2.31. The number of carbonyl (C=O) groups excluding carboxylic acids is 2. The lowest BCUT2D eigenvalue weighted by atomic mass is 10.1. The first-order chi connectivity index (χ1) is 14.2. The molecule has 4 rings (SSSR count). The van der Waals surface area contributed by atoms with E-state index in [9.17, 15) is 9.59 Å². The molecule has 1 saturated carbocycles. The fraction of sp³-hybridized carbons (Fsp3) is 0.217. The van der Waals surface area contributed by atoms with Crippen LogP contribution >= 0.6 is 0 Å². The quantitative estimate of drug-likeness (QED) is 0.567. The lowest BCUT2D eigenvalue weighted by Gasteiger charge is -2.19. The van der Waals surface area contributed by atoms with Crippen molar-refractivity contribution in [2.75, 3.05) is 5.32 Å². The fourth-order valence-electron chi connectivity index (χ4n) is 2.99. The maximum atomic E-state index is 13.0. The van der Waals surface area contributed by atoms with Crippen molar-refractivity contribution < 1.29 is 18.7 Å². The molecule has 2 aromatic carbocycles. The molecule has 1 amide bonds. The highest BCUT2D eigenvalue weighted by atomic mass is 16.5. The van der Waals surface area contributed by atoms with Crippen molar-refractivity contribution in [3.8, 4) is 0 Å². The first-order valence-electron chi connectivity index (χ1n) is 9.62. The summed E-state index contributed by atoms with van der Waals surface area (Å²) >= 11 is 0. The highest BCUT2D eigenvalue weighted by molar-refractivity contribution is 5.97. The van der Waals surface area contributed by atoms with Gasteiger partial charge in [-0.05, 0) is 37.1 Å². The van der Waals surface area contributed by atoms with E-state index in [4.69, 9.17) is 9.15 Å². The van der Waals surface area contributed by atoms with Crippen LogP contribution in [0.25, 0.3) is 0 Å². The maximum absolute atomic E-state index is 13.0. The second kappa shape index (κ2) is 8.65. The minimum Gasteiger partial charge on any atom is -0.467 e. The summed E-state index contributed by atoms with van der Waals surface area (Å²) in [6, 6.07) is 19.9.